The fraction of sp³-hybridized carbons (Fsp3) is 0. The second-order valence-corrected chi connectivity index (χ2v) is 14.0. The predicted molar refractivity (Wildman–Crippen MR) is 224 cm³/mol. The molecule has 0 fully saturated rings. The summed E-state index contributed by atoms with van der Waals surface area (Å²) < 4.78 is 19.3. The van der Waals surface area contributed by atoms with Gasteiger partial charge >= 0.3 is 0 Å². The summed E-state index contributed by atoms with van der Waals surface area (Å²) in [6, 6.07) is 54.3. The van der Waals surface area contributed by atoms with Crippen LogP contribution in [0.3, 0.4) is 0 Å². The van der Waals surface area contributed by atoms with Gasteiger partial charge in [0.2, 0.25) is 0 Å². The van der Waals surface area contributed by atoms with Crippen molar-refractivity contribution in [1.29, 1.82) is 0 Å². The number of rotatable bonds is 5. The number of fused-ring (bicyclic) bond motifs is 9. The fourth-order valence-electron chi connectivity index (χ4n) is 7.87. The lowest BCUT2D eigenvalue weighted by atomic mass is 10.0. The third kappa shape index (κ3) is 5.04. The average molecular weight is 734 g/mol. The van der Waals surface area contributed by atoms with E-state index in [2.05, 4.69) is 24.3 Å². The molecule has 8 heteroatoms. The van der Waals surface area contributed by atoms with Crippen molar-refractivity contribution < 1.29 is 13.3 Å². The topological polar surface area (TPSA) is 104 Å². The van der Waals surface area contributed by atoms with Crippen molar-refractivity contribution in [2.24, 2.45) is 0 Å². The second-order valence-electron chi connectivity index (χ2n) is 14.0. The van der Waals surface area contributed by atoms with Crippen molar-refractivity contribution in [2.75, 3.05) is 0 Å². The molecule has 57 heavy (non-hydrogen) atoms. The van der Waals surface area contributed by atoms with Crippen LogP contribution in [-0.2, 0) is 0 Å². The minimum atomic E-state index is 0.550. The minimum absolute atomic E-state index is 0.550. The molecule has 0 bridgehead atoms. The van der Waals surface area contributed by atoms with Crippen molar-refractivity contribution in [2.45, 2.75) is 0 Å². The molecule has 5 aromatic heterocycles. The van der Waals surface area contributed by atoms with E-state index in [1.807, 2.05) is 140 Å². The molecule has 0 aliphatic heterocycles. The lowest BCUT2D eigenvalue weighted by Crippen LogP contribution is -2.00. The van der Waals surface area contributed by atoms with Crippen LogP contribution in [0.25, 0.3) is 123 Å². The molecule has 12 rings (SSSR count). The highest BCUT2D eigenvalue weighted by molar-refractivity contribution is 6.13. The number of furan rings is 3. The second kappa shape index (κ2) is 12.3. The minimum Gasteiger partial charge on any atom is -0.456 e. The molecule has 12 aromatic rings. The fourth-order valence-corrected chi connectivity index (χ4v) is 7.87. The van der Waals surface area contributed by atoms with Gasteiger partial charge in [0.05, 0.1) is 0 Å². The third-order valence-electron chi connectivity index (χ3n) is 10.6. The Morgan fingerprint density at radius 2 is 0.860 bits per heavy atom. The first kappa shape index (κ1) is 31.4. The summed E-state index contributed by atoms with van der Waals surface area (Å²) in [5.41, 5.74) is 10.2. The van der Waals surface area contributed by atoms with Crippen molar-refractivity contribution in [3.05, 3.63) is 164 Å². The van der Waals surface area contributed by atoms with Crippen LogP contribution in [0, 0.1) is 0 Å². The maximum atomic E-state index is 6.58. The van der Waals surface area contributed by atoms with Gasteiger partial charge in [-0.05, 0) is 48.5 Å². The molecule has 0 N–H and O–H groups in total. The van der Waals surface area contributed by atoms with Gasteiger partial charge in [-0.2, -0.15) is 0 Å². The maximum absolute atomic E-state index is 6.58. The first-order valence-corrected chi connectivity index (χ1v) is 18.7. The van der Waals surface area contributed by atoms with Gasteiger partial charge in [0.15, 0.2) is 28.9 Å². The molecule has 0 aliphatic rings. The van der Waals surface area contributed by atoms with E-state index in [-0.39, 0.29) is 0 Å². The summed E-state index contributed by atoms with van der Waals surface area (Å²) >= 11 is 0. The Morgan fingerprint density at radius 1 is 0.316 bits per heavy atom. The summed E-state index contributed by atoms with van der Waals surface area (Å²) in [6.07, 6.45) is 0. The molecule has 0 amide bonds. The van der Waals surface area contributed by atoms with Crippen LogP contribution >= 0.6 is 0 Å². The normalized spacial score (nSPS) is 11.9. The summed E-state index contributed by atoms with van der Waals surface area (Å²) in [5.74, 6) is 2.31. The standard InChI is InChI=1S/C49H27N5O3/c1-3-12-28(13-4-1)46-52-47(29-14-5-2-6-15-29)54-49(53-46)36-18-11-21-39-42(36)34-25-23-31(27-41(34)56-39)48-50-43(45-44(51-48)35-17-8-10-20-38(35)57-45)30-22-24-33-32-16-7-9-19-37(32)55-40(33)26-30/h1-27H. The number of nitrogens with zero attached hydrogens (tertiary/aromatic N) is 5. The van der Waals surface area contributed by atoms with Crippen LogP contribution in [0.15, 0.2) is 177 Å². The number of aromatic nitrogens is 5. The highest BCUT2D eigenvalue weighted by Crippen LogP contribution is 2.41. The first-order valence-electron chi connectivity index (χ1n) is 18.7. The van der Waals surface area contributed by atoms with Gasteiger partial charge in [0.1, 0.15) is 39.1 Å². The van der Waals surface area contributed by atoms with Crippen LogP contribution in [0.2, 0.25) is 0 Å². The van der Waals surface area contributed by atoms with Gasteiger partial charge in [-0.15, -0.1) is 0 Å². The number of hydrogen-bond donors (Lipinski definition) is 0. The zero-order chi connectivity index (χ0) is 37.5. The lowest BCUT2D eigenvalue weighted by Gasteiger charge is -2.09. The smallest absolute Gasteiger partial charge is 0.180 e. The Labute approximate surface area is 323 Å². The zero-order valence-corrected chi connectivity index (χ0v) is 30.0. The first-order chi connectivity index (χ1) is 28.2. The lowest BCUT2D eigenvalue weighted by molar-refractivity contribution is 0.666. The third-order valence-corrected chi connectivity index (χ3v) is 10.6. The number of benzene rings is 7. The molecule has 0 atom stereocenters. The Hall–Kier alpha value is -7.97. The van der Waals surface area contributed by atoms with Gasteiger partial charge in [-0.1, -0.05) is 115 Å². The van der Waals surface area contributed by atoms with Crippen molar-refractivity contribution in [3.8, 4) is 56.8 Å². The van der Waals surface area contributed by atoms with Crippen LogP contribution in [0.4, 0.5) is 0 Å². The number of hydrogen-bond acceptors (Lipinski definition) is 8. The summed E-state index contributed by atoms with van der Waals surface area (Å²) in [7, 11) is 0. The highest BCUT2D eigenvalue weighted by Gasteiger charge is 2.22. The Morgan fingerprint density at radius 3 is 1.63 bits per heavy atom. The summed E-state index contributed by atoms with van der Waals surface area (Å²) in [4.78, 5) is 25.2. The molecule has 8 nitrogen and oxygen atoms in total. The van der Waals surface area contributed by atoms with Gasteiger partial charge in [0.25, 0.3) is 0 Å². The van der Waals surface area contributed by atoms with Crippen LogP contribution in [-0.4, -0.2) is 24.9 Å². The van der Waals surface area contributed by atoms with Crippen molar-refractivity contribution >= 4 is 65.9 Å². The van der Waals surface area contributed by atoms with E-state index in [4.69, 9.17) is 38.2 Å². The molecule has 7 aromatic carbocycles. The predicted octanol–water partition coefficient (Wildman–Crippen LogP) is 12.7. The van der Waals surface area contributed by atoms with Crippen LogP contribution in [0.5, 0.6) is 0 Å². The Balaban J connectivity index is 1.03. The maximum Gasteiger partial charge on any atom is 0.180 e. The van der Waals surface area contributed by atoms with E-state index >= 15 is 0 Å². The van der Waals surface area contributed by atoms with Crippen molar-refractivity contribution in [3.63, 3.8) is 0 Å². The Bertz CT molecular complexity index is 3480. The van der Waals surface area contributed by atoms with Crippen LogP contribution in [0.1, 0.15) is 0 Å². The van der Waals surface area contributed by atoms with E-state index in [9.17, 15) is 0 Å². The average Bonchev–Trinajstić information content (AvgIpc) is 3.97. The molecular formula is C49H27N5O3. The van der Waals surface area contributed by atoms with E-state index in [0.29, 0.717) is 40.2 Å². The largest absolute Gasteiger partial charge is 0.456 e. The van der Waals surface area contributed by atoms with Gasteiger partial charge in [-0.25, -0.2) is 24.9 Å². The molecule has 0 spiro atoms. The van der Waals surface area contributed by atoms with Gasteiger partial charge < -0.3 is 13.3 Å². The number of para-hydroxylation sites is 2. The molecular weight excluding hydrogens is 707 g/mol. The monoisotopic (exact) mass is 733 g/mol. The molecule has 0 aliphatic carbocycles. The molecule has 5 heterocycles. The van der Waals surface area contributed by atoms with Crippen molar-refractivity contribution in [1.82, 2.24) is 24.9 Å². The quantitative estimate of drug-likeness (QED) is 0.172. The van der Waals surface area contributed by atoms with E-state index in [0.717, 1.165) is 82.6 Å². The van der Waals surface area contributed by atoms with Gasteiger partial charge in [-0.3, -0.25) is 0 Å². The summed E-state index contributed by atoms with van der Waals surface area (Å²) in [6.45, 7) is 0. The Kier molecular flexibility index (Phi) is 6.76. The van der Waals surface area contributed by atoms with E-state index in [1.165, 1.54) is 0 Å². The molecule has 0 saturated carbocycles. The molecule has 266 valence electrons. The summed E-state index contributed by atoms with van der Waals surface area (Å²) in [5, 5.41) is 4.88. The highest BCUT2D eigenvalue weighted by atomic mass is 16.3. The molecule has 0 unspecified atom stereocenters. The van der Waals surface area contributed by atoms with Crippen LogP contribution < -0.4 is 0 Å². The molecule has 0 radical (unpaired) electrons. The van der Waals surface area contributed by atoms with Gasteiger partial charge in [0, 0.05) is 54.7 Å². The molecule has 0 saturated heterocycles. The SMILES string of the molecule is c1ccc(-c2nc(-c3ccccc3)nc(-c3cccc4oc5cc(-c6nc(-c7ccc8c(c7)oc7ccccc78)c7oc8ccccc8c7n6)ccc5c34)n2)cc1. The zero-order valence-electron chi connectivity index (χ0n) is 30.0. The van der Waals surface area contributed by atoms with E-state index in [1.54, 1.807) is 0 Å². The van der Waals surface area contributed by atoms with E-state index < -0.39 is 0 Å².